The molecule has 1 aromatic carbocycles. The van der Waals surface area contributed by atoms with Crippen LogP contribution in [0.15, 0.2) is 22.7 Å². The van der Waals surface area contributed by atoms with E-state index in [0.717, 1.165) is 0 Å². The van der Waals surface area contributed by atoms with Gasteiger partial charge in [0.05, 0.1) is 11.1 Å². The van der Waals surface area contributed by atoms with Gasteiger partial charge in [0.25, 0.3) is 0 Å². The zero-order valence-electron chi connectivity index (χ0n) is 6.91. The van der Waals surface area contributed by atoms with Crippen molar-refractivity contribution in [3.8, 4) is 0 Å². The molecule has 0 bridgehead atoms. The van der Waals surface area contributed by atoms with Gasteiger partial charge in [-0.2, -0.15) is 8.42 Å². The second kappa shape index (κ2) is 4.35. The Bertz CT molecular complexity index is 435. The SMILES string of the molecule is NS(=O)(=O)OCc1ccc(F)c(Br)c1. The highest BCUT2D eigenvalue weighted by atomic mass is 79.9. The van der Waals surface area contributed by atoms with E-state index in [4.69, 9.17) is 0 Å². The first kappa shape index (κ1) is 11.6. The molecule has 0 aromatic heterocycles. The normalized spacial score (nSPS) is 11.6. The molecule has 0 saturated heterocycles. The Hall–Kier alpha value is -0.500. The highest BCUT2D eigenvalue weighted by molar-refractivity contribution is 9.10. The number of halogens is 2. The van der Waals surface area contributed by atoms with Crippen molar-refractivity contribution in [1.82, 2.24) is 0 Å². The summed E-state index contributed by atoms with van der Waals surface area (Å²) < 4.78 is 38.2. The highest BCUT2D eigenvalue weighted by Gasteiger charge is 2.05. The van der Waals surface area contributed by atoms with E-state index in [1.165, 1.54) is 18.2 Å². The lowest BCUT2D eigenvalue weighted by atomic mass is 10.2. The van der Waals surface area contributed by atoms with E-state index >= 15 is 0 Å². The van der Waals surface area contributed by atoms with E-state index in [0.29, 0.717) is 5.56 Å². The minimum Gasteiger partial charge on any atom is -0.253 e. The molecule has 4 nitrogen and oxygen atoms in total. The van der Waals surface area contributed by atoms with Crippen LogP contribution in [0.3, 0.4) is 0 Å². The van der Waals surface area contributed by atoms with Crippen LogP contribution < -0.4 is 5.14 Å². The third kappa shape index (κ3) is 3.70. The fourth-order valence-electron chi connectivity index (χ4n) is 0.780. The molecule has 0 amide bonds. The lowest BCUT2D eigenvalue weighted by Gasteiger charge is -2.02. The molecule has 0 atom stereocenters. The predicted octanol–water partition coefficient (Wildman–Crippen LogP) is 1.31. The van der Waals surface area contributed by atoms with Crippen LogP contribution in [0.5, 0.6) is 0 Å². The second-order valence-corrected chi connectivity index (χ2v) is 4.58. The van der Waals surface area contributed by atoms with Crippen LogP contribution in [0, 0.1) is 5.82 Å². The van der Waals surface area contributed by atoms with Gasteiger partial charge in [-0.15, -0.1) is 0 Å². The zero-order chi connectivity index (χ0) is 10.8. The van der Waals surface area contributed by atoms with Crippen molar-refractivity contribution < 1.29 is 17.0 Å². The molecule has 0 heterocycles. The van der Waals surface area contributed by atoms with Gasteiger partial charge in [-0.05, 0) is 33.6 Å². The van der Waals surface area contributed by atoms with Crippen LogP contribution in [0.1, 0.15) is 5.56 Å². The van der Waals surface area contributed by atoms with Crippen LogP contribution in [-0.4, -0.2) is 8.42 Å². The van der Waals surface area contributed by atoms with Gasteiger partial charge in [-0.1, -0.05) is 6.07 Å². The van der Waals surface area contributed by atoms with E-state index in [1.807, 2.05) is 0 Å². The molecule has 7 heteroatoms. The van der Waals surface area contributed by atoms with Crippen molar-refractivity contribution in [2.75, 3.05) is 0 Å². The quantitative estimate of drug-likeness (QED) is 0.909. The van der Waals surface area contributed by atoms with Crippen LogP contribution in [0.4, 0.5) is 4.39 Å². The molecule has 0 aliphatic rings. The summed E-state index contributed by atoms with van der Waals surface area (Å²) >= 11 is 2.96. The summed E-state index contributed by atoms with van der Waals surface area (Å²) in [7, 11) is -3.95. The molecule has 78 valence electrons. The Kier molecular flexibility index (Phi) is 3.59. The standard InChI is InChI=1S/C7H7BrFNO3S/c8-6-3-5(1-2-7(6)9)4-13-14(10,11)12/h1-3H,4H2,(H2,10,11,12). The molecule has 1 rings (SSSR count). The van der Waals surface area contributed by atoms with Gasteiger partial charge < -0.3 is 0 Å². The van der Waals surface area contributed by atoms with Crippen molar-refractivity contribution >= 4 is 26.2 Å². The number of rotatable bonds is 3. The molecular weight excluding hydrogens is 277 g/mol. The maximum atomic E-state index is 12.7. The number of nitrogens with two attached hydrogens (primary N) is 1. The molecule has 0 aliphatic heterocycles. The van der Waals surface area contributed by atoms with Crippen molar-refractivity contribution in [1.29, 1.82) is 0 Å². The Labute approximate surface area is 89.3 Å². The first-order chi connectivity index (χ1) is 6.38. The van der Waals surface area contributed by atoms with Gasteiger partial charge in [0, 0.05) is 0 Å². The van der Waals surface area contributed by atoms with Crippen molar-refractivity contribution in [2.24, 2.45) is 5.14 Å². The molecule has 1 aromatic rings. The predicted molar refractivity (Wildman–Crippen MR) is 52.0 cm³/mol. The molecule has 0 aliphatic carbocycles. The zero-order valence-corrected chi connectivity index (χ0v) is 9.31. The molecule has 0 fully saturated rings. The summed E-state index contributed by atoms with van der Waals surface area (Å²) in [5.74, 6) is -0.427. The Morgan fingerprint density at radius 2 is 2.14 bits per heavy atom. The molecule has 0 radical (unpaired) electrons. The Morgan fingerprint density at radius 3 is 2.64 bits per heavy atom. The van der Waals surface area contributed by atoms with E-state index < -0.39 is 16.1 Å². The number of hydrogen-bond donors (Lipinski definition) is 1. The summed E-state index contributed by atoms with van der Waals surface area (Å²) in [6, 6.07) is 4.03. The third-order valence-corrected chi connectivity index (χ3v) is 2.43. The summed E-state index contributed by atoms with van der Waals surface area (Å²) in [5.41, 5.74) is 0.507. The molecular formula is C7H7BrFNO3S. The maximum Gasteiger partial charge on any atom is 0.333 e. The first-order valence-electron chi connectivity index (χ1n) is 3.49. The molecule has 0 spiro atoms. The monoisotopic (exact) mass is 283 g/mol. The number of benzene rings is 1. The van der Waals surface area contributed by atoms with Crippen LogP contribution >= 0.6 is 15.9 Å². The lowest BCUT2D eigenvalue weighted by molar-refractivity contribution is 0.308. The second-order valence-electron chi connectivity index (χ2n) is 2.50. The highest BCUT2D eigenvalue weighted by Crippen LogP contribution is 2.17. The molecule has 2 N–H and O–H groups in total. The smallest absolute Gasteiger partial charge is 0.253 e. The summed E-state index contributed by atoms with van der Waals surface area (Å²) in [4.78, 5) is 0. The van der Waals surface area contributed by atoms with E-state index in [1.54, 1.807) is 0 Å². The van der Waals surface area contributed by atoms with Gasteiger partial charge in [0.15, 0.2) is 0 Å². The van der Waals surface area contributed by atoms with E-state index in [-0.39, 0.29) is 11.1 Å². The average Bonchev–Trinajstić information content (AvgIpc) is 2.06. The minimum absolute atomic E-state index is 0.211. The van der Waals surface area contributed by atoms with E-state index in [9.17, 15) is 12.8 Å². The average molecular weight is 284 g/mol. The van der Waals surface area contributed by atoms with Crippen molar-refractivity contribution in [3.05, 3.63) is 34.1 Å². The van der Waals surface area contributed by atoms with Crippen molar-refractivity contribution in [3.63, 3.8) is 0 Å². The minimum atomic E-state index is -3.95. The lowest BCUT2D eigenvalue weighted by Crippen LogP contribution is -2.15. The Morgan fingerprint density at radius 1 is 1.50 bits per heavy atom. The third-order valence-electron chi connectivity index (χ3n) is 1.37. The molecule has 14 heavy (non-hydrogen) atoms. The van der Waals surface area contributed by atoms with Gasteiger partial charge in [-0.25, -0.2) is 9.53 Å². The van der Waals surface area contributed by atoms with Gasteiger partial charge in [0.2, 0.25) is 0 Å². The summed E-state index contributed by atoms with van der Waals surface area (Å²) in [6.45, 7) is -0.211. The topological polar surface area (TPSA) is 69.4 Å². The number of hydrogen-bond acceptors (Lipinski definition) is 3. The largest absolute Gasteiger partial charge is 0.333 e. The van der Waals surface area contributed by atoms with E-state index in [2.05, 4.69) is 25.3 Å². The van der Waals surface area contributed by atoms with Crippen molar-refractivity contribution in [2.45, 2.75) is 6.61 Å². The van der Waals surface area contributed by atoms with Crippen LogP contribution in [-0.2, 0) is 21.1 Å². The molecule has 0 saturated carbocycles. The fourth-order valence-corrected chi connectivity index (χ4v) is 1.51. The van der Waals surface area contributed by atoms with Gasteiger partial charge in [-0.3, -0.25) is 4.18 Å². The molecule has 0 unspecified atom stereocenters. The maximum absolute atomic E-state index is 12.7. The van der Waals surface area contributed by atoms with Crippen LogP contribution in [0.25, 0.3) is 0 Å². The van der Waals surface area contributed by atoms with Gasteiger partial charge in [0.1, 0.15) is 5.82 Å². The summed E-state index contributed by atoms with van der Waals surface area (Å²) in [6.07, 6.45) is 0. The van der Waals surface area contributed by atoms with Crippen LogP contribution in [0.2, 0.25) is 0 Å². The Balaban J connectivity index is 2.74. The first-order valence-corrected chi connectivity index (χ1v) is 5.76. The van der Waals surface area contributed by atoms with Gasteiger partial charge >= 0.3 is 10.3 Å². The summed E-state index contributed by atoms with van der Waals surface area (Å²) in [5, 5.41) is 4.62. The fraction of sp³-hybridized carbons (Fsp3) is 0.143.